The van der Waals surface area contributed by atoms with Gasteiger partial charge >= 0.3 is 5.97 Å². The van der Waals surface area contributed by atoms with E-state index in [0.717, 1.165) is 19.6 Å². The minimum Gasteiger partial charge on any atom is -0.481 e. The first kappa shape index (κ1) is 13.6. The van der Waals surface area contributed by atoms with Crippen molar-refractivity contribution in [3.63, 3.8) is 0 Å². The molecule has 108 valence electrons. The molecule has 2 bridgehead atoms. The fourth-order valence-corrected chi connectivity index (χ4v) is 3.62. The molecule has 2 fully saturated rings. The van der Waals surface area contributed by atoms with E-state index in [4.69, 9.17) is 9.84 Å². The zero-order chi connectivity index (χ0) is 13.9. The fourth-order valence-electron chi connectivity index (χ4n) is 3.62. The number of carboxylic acid groups (broad SMARTS) is 1. The second-order valence-electron chi connectivity index (χ2n) is 6.00. The molecular weight excluding hydrogens is 254 g/mol. The van der Waals surface area contributed by atoms with Crippen LogP contribution in [0.3, 0.4) is 0 Å². The molecule has 20 heavy (non-hydrogen) atoms. The number of ether oxygens (including phenoxy) is 1. The predicted octanol–water partition coefficient (Wildman–Crippen LogP) is 1.86. The number of aliphatic carboxylic acids is 1. The molecule has 2 atom stereocenters. The standard InChI is InChI=1S/C16H21NO3/c18-16(19)6-15-13-8-17(9-14(15)11-20-10-13)7-12-4-2-1-3-5-12/h1-5,13-15H,6-11H2,(H,18,19). The van der Waals surface area contributed by atoms with E-state index in [2.05, 4.69) is 29.2 Å². The highest BCUT2D eigenvalue weighted by molar-refractivity contribution is 5.67. The van der Waals surface area contributed by atoms with Crippen LogP contribution in [0.15, 0.2) is 30.3 Å². The van der Waals surface area contributed by atoms with Gasteiger partial charge in [-0.2, -0.15) is 0 Å². The van der Waals surface area contributed by atoms with Crippen molar-refractivity contribution >= 4 is 5.97 Å². The molecule has 3 rings (SSSR count). The smallest absolute Gasteiger partial charge is 0.303 e. The van der Waals surface area contributed by atoms with Crippen LogP contribution >= 0.6 is 0 Å². The van der Waals surface area contributed by atoms with Crippen LogP contribution in [0.4, 0.5) is 0 Å². The lowest BCUT2D eigenvalue weighted by molar-refractivity contribution is -0.144. The quantitative estimate of drug-likeness (QED) is 0.911. The van der Waals surface area contributed by atoms with E-state index < -0.39 is 5.97 Å². The third-order valence-corrected chi connectivity index (χ3v) is 4.52. The van der Waals surface area contributed by atoms with E-state index in [-0.39, 0.29) is 12.3 Å². The summed E-state index contributed by atoms with van der Waals surface area (Å²) in [7, 11) is 0. The van der Waals surface area contributed by atoms with Gasteiger partial charge in [-0.3, -0.25) is 9.69 Å². The minimum atomic E-state index is -0.677. The van der Waals surface area contributed by atoms with Crippen LogP contribution < -0.4 is 0 Å². The summed E-state index contributed by atoms with van der Waals surface area (Å²) < 4.78 is 5.63. The van der Waals surface area contributed by atoms with Gasteiger partial charge < -0.3 is 9.84 Å². The molecule has 1 N–H and O–H groups in total. The van der Waals surface area contributed by atoms with Crippen molar-refractivity contribution in [2.45, 2.75) is 13.0 Å². The molecule has 0 aromatic heterocycles. The average Bonchev–Trinajstić information content (AvgIpc) is 2.40. The topological polar surface area (TPSA) is 49.8 Å². The normalized spacial score (nSPS) is 30.1. The first-order valence-electron chi connectivity index (χ1n) is 7.28. The molecule has 2 aliphatic rings. The molecule has 2 unspecified atom stereocenters. The third kappa shape index (κ3) is 3.02. The summed E-state index contributed by atoms with van der Waals surface area (Å²) in [5.74, 6) is 0.335. The van der Waals surface area contributed by atoms with Gasteiger partial charge in [-0.05, 0) is 23.3 Å². The molecule has 0 saturated carbocycles. The summed E-state index contributed by atoms with van der Waals surface area (Å²) in [6.45, 7) is 4.26. The maximum atomic E-state index is 11.0. The van der Waals surface area contributed by atoms with Crippen molar-refractivity contribution in [1.82, 2.24) is 4.90 Å². The van der Waals surface area contributed by atoms with Crippen molar-refractivity contribution < 1.29 is 14.6 Å². The summed E-state index contributed by atoms with van der Waals surface area (Å²) in [5.41, 5.74) is 1.32. The Morgan fingerprint density at radius 2 is 1.85 bits per heavy atom. The summed E-state index contributed by atoms with van der Waals surface area (Å²) >= 11 is 0. The molecule has 2 saturated heterocycles. The van der Waals surface area contributed by atoms with E-state index >= 15 is 0 Å². The Hall–Kier alpha value is -1.39. The zero-order valence-corrected chi connectivity index (χ0v) is 11.6. The highest BCUT2D eigenvalue weighted by atomic mass is 16.5. The van der Waals surface area contributed by atoms with Crippen LogP contribution in [0.25, 0.3) is 0 Å². The lowest BCUT2D eigenvalue weighted by atomic mass is 9.74. The molecule has 4 nitrogen and oxygen atoms in total. The van der Waals surface area contributed by atoms with Gasteiger partial charge in [0.2, 0.25) is 0 Å². The van der Waals surface area contributed by atoms with Crippen LogP contribution in [0.2, 0.25) is 0 Å². The van der Waals surface area contributed by atoms with Crippen molar-refractivity contribution in [2.75, 3.05) is 26.3 Å². The molecule has 2 aliphatic heterocycles. The summed E-state index contributed by atoms with van der Waals surface area (Å²) in [6, 6.07) is 10.5. The monoisotopic (exact) mass is 275 g/mol. The molecule has 0 spiro atoms. The molecule has 0 radical (unpaired) electrons. The summed E-state index contributed by atoms with van der Waals surface area (Å²) in [4.78, 5) is 13.5. The van der Waals surface area contributed by atoms with Crippen LogP contribution in [0, 0.1) is 17.8 Å². The largest absolute Gasteiger partial charge is 0.481 e. The Bertz CT molecular complexity index is 448. The average molecular weight is 275 g/mol. The van der Waals surface area contributed by atoms with E-state index in [1.54, 1.807) is 0 Å². The van der Waals surface area contributed by atoms with Gasteiger partial charge in [-0.25, -0.2) is 0 Å². The number of hydrogen-bond donors (Lipinski definition) is 1. The van der Waals surface area contributed by atoms with Gasteiger partial charge in [0.15, 0.2) is 0 Å². The number of fused-ring (bicyclic) bond motifs is 2. The number of piperidine rings is 1. The van der Waals surface area contributed by atoms with Gasteiger partial charge in [0.1, 0.15) is 0 Å². The minimum absolute atomic E-state index is 0.285. The van der Waals surface area contributed by atoms with Crippen molar-refractivity contribution in [3.8, 4) is 0 Å². The highest BCUT2D eigenvalue weighted by Crippen LogP contribution is 2.36. The number of nitrogens with zero attached hydrogens (tertiary/aromatic N) is 1. The molecule has 2 heterocycles. The molecule has 1 aromatic carbocycles. The van der Waals surface area contributed by atoms with E-state index in [1.165, 1.54) is 5.56 Å². The van der Waals surface area contributed by atoms with E-state index in [1.807, 2.05) is 6.07 Å². The Balaban J connectivity index is 1.66. The van der Waals surface area contributed by atoms with Crippen LogP contribution in [0.5, 0.6) is 0 Å². The molecule has 1 aromatic rings. The number of carboxylic acids is 1. The van der Waals surface area contributed by atoms with Crippen molar-refractivity contribution in [1.29, 1.82) is 0 Å². The summed E-state index contributed by atoms with van der Waals surface area (Å²) in [5, 5.41) is 9.07. The van der Waals surface area contributed by atoms with Crippen LogP contribution in [-0.4, -0.2) is 42.3 Å². The molecule has 4 heteroatoms. The Kier molecular flexibility index (Phi) is 4.03. The first-order chi connectivity index (χ1) is 9.72. The molecule has 0 aliphatic carbocycles. The van der Waals surface area contributed by atoms with Gasteiger partial charge in [0, 0.05) is 26.1 Å². The SMILES string of the molecule is O=C(O)CC1C2COCC1CN(Cc1ccccc1)C2. The maximum absolute atomic E-state index is 11.0. The molecular formula is C16H21NO3. The lowest BCUT2D eigenvalue weighted by Crippen LogP contribution is -2.52. The van der Waals surface area contributed by atoms with Crippen molar-refractivity contribution in [3.05, 3.63) is 35.9 Å². The number of likely N-dealkylation sites (tertiary alicyclic amines) is 1. The van der Waals surface area contributed by atoms with Gasteiger partial charge in [-0.1, -0.05) is 30.3 Å². The van der Waals surface area contributed by atoms with Crippen LogP contribution in [-0.2, 0) is 16.1 Å². The third-order valence-electron chi connectivity index (χ3n) is 4.52. The van der Waals surface area contributed by atoms with Gasteiger partial charge in [-0.15, -0.1) is 0 Å². The summed E-state index contributed by atoms with van der Waals surface area (Å²) in [6.07, 6.45) is 0.290. The fraction of sp³-hybridized carbons (Fsp3) is 0.562. The van der Waals surface area contributed by atoms with Crippen molar-refractivity contribution in [2.24, 2.45) is 17.8 Å². The second kappa shape index (κ2) is 5.94. The zero-order valence-electron chi connectivity index (χ0n) is 11.6. The van der Waals surface area contributed by atoms with E-state index in [0.29, 0.717) is 25.0 Å². The molecule has 0 amide bonds. The first-order valence-corrected chi connectivity index (χ1v) is 7.28. The Morgan fingerprint density at radius 3 is 2.45 bits per heavy atom. The lowest BCUT2D eigenvalue weighted by Gasteiger charge is -2.46. The number of carbonyl (C=O) groups is 1. The second-order valence-corrected chi connectivity index (χ2v) is 6.00. The highest BCUT2D eigenvalue weighted by Gasteiger charge is 2.40. The van der Waals surface area contributed by atoms with Crippen LogP contribution in [0.1, 0.15) is 12.0 Å². The number of hydrogen-bond acceptors (Lipinski definition) is 3. The predicted molar refractivity (Wildman–Crippen MR) is 75.3 cm³/mol. The number of rotatable bonds is 4. The van der Waals surface area contributed by atoms with Gasteiger partial charge in [0.25, 0.3) is 0 Å². The maximum Gasteiger partial charge on any atom is 0.303 e. The Labute approximate surface area is 119 Å². The van der Waals surface area contributed by atoms with Gasteiger partial charge in [0.05, 0.1) is 13.2 Å². The number of benzene rings is 1. The van der Waals surface area contributed by atoms with E-state index in [9.17, 15) is 4.79 Å². The Morgan fingerprint density at radius 1 is 1.20 bits per heavy atom.